The van der Waals surface area contributed by atoms with Crippen LogP contribution in [0.25, 0.3) is 0 Å². The van der Waals surface area contributed by atoms with Crippen molar-refractivity contribution in [3.63, 3.8) is 0 Å². The average molecular weight is 264 g/mol. The lowest BCUT2D eigenvalue weighted by Crippen LogP contribution is -2.45. The van der Waals surface area contributed by atoms with Crippen molar-refractivity contribution in [1.82, 2.24) is 9.57 Å². The first-order valence-electron chi connectivity index (χ1n) is 5.22. The van der Waals surface area contributed by atoms with E-state index in [1.165, 1.54) is 5.57 Å². The molecule has 2 nitrogen and oxygen atoms in total. The highest BCUT2D eigenvalue weighted by Gasteiger charge is 2.36. The Hall–Kier alpha value is -1.47. The van der Waals surface area contributed by atoms with Crippen molar-refractivity contribution in [2.75, 3.05) is 0 Å². The summed E-state index contributed by atoms with van der Waals surface area (Å²) >= 11 is 12.3. The van der Waals surface area contributed by atoms with Gasteiger partial charge in [0.1, 0.15) is 5.56 Å². The first-order chi connectivity index (χ1) is 8.16. The molecule has 2 aliphatic heterocycles. The summed E-state index contributed by atoms with van der Waals surface area (Å²) in [5.41, 5.74) is 1.97. The molecule has 17 heavy (non-hydrogen) atoms. The van der Waals surface area contributed by atoms with Gasteiger partial charge < -0.3 is 0 Å². The molecule has 1 aromatic rings. The summed E-state index contributed by atoms with van der Waals surface area (Å²) in [7, 11) is 0. The zero-order valence-electron chi connectivity index (χ0n) is 9.11. The highest BCUT2D eigenvalue weighted by atomic mass is 35.5. The first-order valence-corrected chi connectivity index (χ1v) is 5.98. The van der Waals surface area contributed by atoms with Crippen LogP contribution < -0.4 is 4.67 Å². The monoisotopic (exact) mass is 263 g/mol. The Kier molecular flexibility index (Phi) is 2.37. The summed E-state index contributed by atoms with van der Waals surface area (Å²) in [4.78, 5) is 1.99. The van der Waals surface area contributed by atoms with Gasteiger partial charge in [0.15, 0.2) is 0 Å². The van der Waals surface area contributed by atoms with Crippen molar-refractivity contribution in [3.05, 3.63) is 57.7 Å². The number of hydrogen-bond donors (Lipinski definition) is 0. The van der Waals surface area contributed by atoms with E-state index >= 15 is 0 Å². The lowest BCUT2D eigenvalue weighted by molar-refractivity contribution is 0.777. The summed E-state index contributed by atoms with van der Waals surface area (Å²) in [6.07, 6.45) is 6.03. The molecule has 0 amide bonds. The first kappa shape index (κ1) is 10.7. The van der Waals surface area contributed by atoms with Gasteiger partial charge in [-0.05, 0) is 30.7 Å². The van der Waals surface area contributed by atoms with Gasteiger partial charge in [-0.2, -0.15) is 4.90 Å². The second-order valence-electron chi connectivity index (χ2n) is 3.96. The van der Waals surface area contributed by atoms with Crippen LogP contribution in [0.3, 0.4) is 0 Å². The van der Waals surface area contributed by atoms with Crippen molar-refractivity contribution < 1.29 is 0 Å². The number of fused-ring (bicyclic) bond motifs is 1. The predicted molar refractivity (Wildman–Crippen MR) is 72.4 cm³/mol. The van der Waals surface area contributed by atoms with E-state index in [0.29, 0.717) is 10.0 Å². The van der Waals surface area contributed by atoms with E-state index in [2.05, 4.69) is 4.67 Å². The Labute approximate surface area is 109 Å². The topological polar surface area (TPSA) is 17.3 Å². The molecule has 2 heterocycles. The standard InChI is InChI=1S/C13H9Cl2N2/c1-8-5-6-17-11(7-8)16-13(17)12-9(14)3-2-4-10(12)15/h2-7H,1H3/q+1. The van der Waals surface area contributed by atoms with Gasteiger partial charge in [0.25, 0.3) is 0 Å². The second-order valence-corrected chi connectivity index (χ2v) is 4.78. The number of amidine groups is 2. The number of benzene rings is 1. The van der Waals surface area contributed by atoms with E-state index in [9.17, 15) is 0 Å². The normalized spacial score (nSPS) is 16.9. The van der Waals surface area contributed by atoms with Crippen LogP contribution >= 0.6 is 23.2 Å². The predicted octanol–water partition coefficient (Wildman–Crippen LogP) is 2.99. The van der Waals surface area contributed by atoms with Crippen LogP contribution in [0.1, 0.15) is 12.5 Å². The molecular weight excluding hydrogens is 255 g/mol. The minimum Gasteiger partial charge on any atom is -0.229 e. The van der Waals surface area contributed by atoms with Crippen LogP contribution in [0.5, 0.6) is 0 Å². The maximum Gasteiger partial charge on any atom is 0.334 e. The maximum atomic E-state index is 6.16. The number of rotatable bonds is 1. The zero-order valence-corrected chi connectivity index (χ0v) is 10.6. The van der Waals surface area contributed by atoms with Crippen molar-refractivity contribution in [3.8, 4) is 0 Å². The third kappa shape index (κ3) is 1.62. The molecule has 3 rings (SSSR count). The summed E-state index contributed by atoms with van der Waals surface area (Å²) in [5, 5.41) is 1.24. The number of allylic oxidation sites excluding steroid dienone is 2. The molecule has 0 bridgehead atoms. The Morgan fingerprint density at radius 1 is 1.18 bits per heavy atom. The molecule has 0 N–H and O–H groups in total. The van der Waals surface area contributed by atoms with E-state index < -0.39 is 0 Å². The lowest BCUT2D eigenvalue weighted by Gasteiger charge is -2.21. The molecule has 0 aromatic heterocycles. The van der Waals surface area contributed by atoms with E-state index in [0.717, 1.165) is 17.2 Å². The summed E-state index contributed by atoms with van der Waals surface area (Å²) in [6, 6.07) is 5.46. The molecule has 1 aromatic carbocycles. The Bertz CT molecular complexity index is 615. The molecule has 2 aliphatic rings. The van der Waals surface area contributed by atoms with E-state index in [-0.39, 0.29) is 0 Å². The quantitative estimate of drug-likeness (QED) is 0.713. The molecule has 0 unspecified atom stereocenters. The van der Waals surface area contributed by atoms with Crippen LogP contribution in [0.4, 0.5) is 0 Å². The number of halogens is 2. The molecule has 0 atom stereocenters. The molecule has 0 aliphatic carbocycles. The maximum absolute atomic E-state index is 6.16. The fourth-order valence-electron chi connectivity index (χ4n) is 1.86. The van der Waals surface area contributed by atoms with Crippen LogP contribution in [-0.4, -0.2) is 16.6 Å². The molecular formula is C13H9Cl2N2+. The molecule has 4 heteroatoms. The van der Waals surface area contributed by atoms with Gasteiger partial charge in [-0.3, -0.25) is 0 Å². The van der Waals surface area contributed by atoms with Crippen LogP contribution in [0.15, 0.2) is 42.1 Å². The second kappa shape index (κ2) is 3.78. The van der Waals surface area contributed by atoms with E-state index in [1.54, 1.807) is 0 Å². The summed E-state index contributed by atoms with van der Waals surface area (Å²) in [6.45, 7) is 2.04. The van der Waals surface area contributed by atoms with E-state index in [1.807, 2.05) is 48.4 Å². The fourth-order valence-corrected chi connectivity index (χ4v) is 2.43. The molecule has 0 radical (unpaired) electrons. The lowest BCUT2D eigenvalue weighted by atomic mass is 10.1. The molecule has 0 saturated heterocycles. The number of hydrogen-bond acceptors (Lipinski definition) is 1. The minimum absolute atomic E-state index is 0.620. The van der Waals surface area contributed by atoms with Crippen molar-refractivity contribution in [2.24, 2.45) is 0 Å². The Morgan fingerprint density at radius 3 is 2.53 bits per heavy atom. The zero-order chi connectivity index (χ0) is 12.0. The van der Waals surface area contributed by atoms with Gasteiger partial charge in [0.05, 0.1) is 16.2 Å². The van der Waals surface area contributed by atoms with Gasteiger partial charge >= 0.3 is 11.7 Å². The SMILES string of the molecule is CC1=CC2=[N+]=C(c3c(Cl)cccc3Cl)N2C=C1. The highest BCUT2D eigenvalue weighted by molar-refractivity contribution is 6.41. The summed E-state index contributed by atoms with van der Waals surface area (Å²) in [5.74, 6) is 1.73. The van der Waals surface area contributed by atoms with Crippen LogP contribution in [-0.2, 0) is 0 Å². The smallest absolute Gasteiger partial charge is 0.229 e. The van der Waals surface area contributed by atoms with Crippen molar-refractivity contribution in [1.29, 1.82) is 0 Å². The van der Waals surface area contributed by atoms with Gasteiger partial charge in [-0.25, -0.2) is 4.67 Å². The summed E-state index contributed by atoms with van der Waals surface area (Å²) < 4.78 is 4.45. The van der Waals surface area contributed by atoms with Crippen molar-refractivity contribution >= 4 is 34.9 Å². The molecule has 84 valence electrons. The molecule has 0 spiro atoms. The molecule has 0 saturated carbocycles. The third-order valence-corrected chi connectivity index (χ3v) is 3.36. The van der Waals surface area contributed by atoms with E-state index in [4.69, 9.17) is 23.2 Å². The Balaban J connectivity index is 2.15. The van der Waals surface area contributed by atoms with Crippen LogP contribution in [0.2, 0.25) is 10.0 Å². The fraction of sp³-hybridized carbons (Fsp3) is 0.0769. The Morgan fingerprint density at radius 2 is 1.88 bits per heavy atom. The third-order valence-electron chi connectivity index (χ3n) is 2.73. The average Bonchev–Trinajstić information content (AvgIpc) is 2.25. The van der Waals surface area contributed by atoms with Gasteiger partial charge in [-0.1, -0.05) is 29.3 Å². The van der Waals surface area contributed by atoms with Crippen molar-refractivity contribution in [2.45, 2.75) is 6.92 Å². The van der Waals surface area contributed by atoms with Gasteiger partial charge in [0.2, 0.25) is 0 Å². The minimum atomic E-state index is 0.620. The molecule has 0 fully saturated rings. The highest BCUT2D eigenvalue weighted by Crippen LogP contribution is 2.27. The van der Waals surface area contributed by atoms with Crippen LogP contribution in [0, 0.1) is 0 Å². The van der Waals surface area contributed by atoms with Gasteiger partial charge in [-0.15, -0.1) is 0 Å². The largest absolute Gasteiger partial charge is 0.334 e. The number of nitrogens with zero attached hydrogens (tertiary/aromatic N) is 2. The van der Waals surface area contributed by atoms with Gasteiger partial charge in [0, 0.05) is 6.08 Å².